The molecule has 0 radical (unpaired) electrons. The van der Waals surface area contributed by atoms with E-state index in [1.165, 1.54) is 6.42 Å². The van der Waals surface area contributed by atoms with E-state index in [1.54, 1.807) is 0 Å². The first kappa shape index (κ1) is 10.6. The summed E-state index contributed by atoms with van der Waals surface area (Å²) in [5.41, 5.74) is 0. The van der Waals surface area contributed by atoms with Gasteiger partial charge in [-0.2, -0.15) is 4.98 Å². The molecule has 0 unspecified atom stereocenters. The fourth-order valence-electron chi connectivity index (χ4n) is 1.94. The minimum Gasteiger partial charge on any atom is -0.339 e. The van der Waals surface area contributed by atoms with Crippen molar-refractivity contribution in [3.8, 4) is 0 Å². The van der Waals surface area contributed by atoms with Crippen molar-refractivity contribution in [2.75, 3.05) is 13.1 Å². The number of rotatable bonds is 3. The quantitative estimate of drug-likeness (QED) is 0.823. The van der Waals surface area contributed by atoms with Gasteiger partial charge in [0, 0.05) is 13.0 Å². The van der Waals surface area contributed by atoms with Crippen LogP contribution in [0.3, 0.4) is 0 Å². The summed E-state index contributed by atoms with van der Waals surface area (Å²) in [7, 11) is 0. The van der Waals surface area contributed by atoms with E-state index in [9.17, 15) is 0 Å². The van der Waals surface area contributed by atoms with E-state index in [2.05, 4.69) is 29.3 Å². The molecule has 1 fully saturated rings. The molecule has 4 nitrogen and oxygen atoms in total. The first-order valence-corrected chi connectivity index (χ1v) is 5.79. The highest BCUT2D eigenvalue weighted by Gasteiger charge is 2.21. The van der Waals surface area contributed by atoms with Crippen LogP contribution >= 0.6 is 0 Å². The monoisotopic (exact) mass is 209 g/mol. The largest absolute Gasteiger partial charge is 0.339 e. The molecule has 15 heavy (non-hydrogen) atoms. The van der Waals surface area contributed by atoms with Crippen LogP contribution < -0.4 is 5.32 Å². The zero-order valence-corrected chi connectivity index (χ0v) is 9.49. The second kappa shape index (κ2) is 4.75. The number of piperidine rings is 1. The Morgan fingerprint density at radius 3 is 3.07 bits per heavy atom. The number of aromatic nitrogens is 2. The van der Waals surface area contributed by atoms with Crippen LogP contribution in [-0.2, 0) is 6.42 Å². The van der Waals surface area contributed by atoms with Crippen LogP contribution in [-0.4, -0.2) is 23.2 Å². The minimum absolute atomic E-state index is 0.423. The molecular weight excluding hydrogens is 190 g/mol. The molecule has 0 saturated carbocycles. The van der Waals surface area contributed by atoms with Crippen LogP contribution in [0.5, 0.6) is 0 Å². The molecule has 0 aromatic carbocycles. The van der Waals surface area contributed by atoms with Crippen molar-refractivity contribution in [2.45, 2.75) is 39.0 Å². The molecule has 1 atom stereocenters. The van der Waals surface area contributed by atoms with E-state index in [0.717, 1.165) is 37.6 Å². The van der Waals surface area contributed by atoms with Gasteiger partial charge in [-0.25, -0.2) is 0 Å². The van der Waals surface area contributed by atoms with Gasteiger partial charge in [0.05, 0.1) is 5.92 Å². The van der Waals surface area contributed by atoms with Gasteiger partial charge in [-0.15, -0.1) is 0 Å². The molecule has 4 heteroatoms. The van der Waals surface area contributed by atoms with Crippen molar-refractivity contribution in [1.82, 2.24) is 15.5 Å². The molecule has 2 heterocycles. The van der Waals surface area contributed by atoms with Gasteiger partial charge in [0.1, 0.15) is 0 Å². The molecule has 0 aliphatic carbocycles. The number of hydrogen-bond acceptors (Lipinski definition) is 4. The molecule has 1 aromatic heterocycles. The molecule has 1 N–H and O–H groups in total. The lowest BCUT2D eigenvalue weighted by atomic mass is 10.00. The highest BCUT2D eigenvalue weighted by atomic mass is 16.5. The summed E-state index contributed by atoms with van der Waals surface area (Å²) >= 11 is 0. The maximum absolute atomic E-state index is 5.30. The van der Waals surface area contributed by atoms with E-state index in [0.29, 0.717) is 11.8 Å². The number of nitrogens with zero attached hydrogens (tertiary/aromatic N) is 2. The van der Waals surface area contributed by atoms with Gasteiger partial charge in [-0.3, -0.25) is 0 Å². The van der Waals surface area contributed by atoms with Crippen LogP contribution in [0.25, 0.3) is 0 Å². The average molecular weight is 209 g/mol. The van der Waals surface area contributed by atoms with Gasteiger partial charge in [0.25, 0.3) is 0 Å². The van der Waals surface area contributed by atoms with Crippen LogP contribution in [0.15, 0.2) is 4.52 Å². The van der Waals surface area contributed by atoms with Gasteiger partial charge < -0.3 is 9.84 Å². The van der Waals surface area contributed by atoms with Gasteiger partial charge in [-0.05, 0) is 25.3 Å². The fourth-order valence-corrected chi connectivity index (χ4v) is 1.94. The Kier molecular flexibility index (Phi) is 3.36. The first-order chi connectivity index (χ1) is 7.25. The maximum atomic E-state index is 5.30. The Morgan fingerprint density at radius 1 is 1.53 bits per heavy atom. The summed E-state index contributed by atoms with van der Waals surface area (Å²) in [6.45, 7) is 6.42. The lowest BCUT2D eigenvalue weighted by Crippen LogP contribution is -2.28. The Labute approximate surface area is 90.4 Å². The third-order valence-corrected chi connectivity index (χ3v) is 2.72. The molecule has 1 aliphatic heterocycles. The van der Waals surface area contributed by atoms with Crippen LogP contribution in [0.2, 0.25) is 0 Å². The normalized spacial score (nSPS) is 22.2. The Balaban J connectivity index is 1.99. The molecule has 84 valence electrons. The number of hydrogen-bond donors (Lipinski definition) is 1. The van der Waals surface area contributed by atoms with E-state index < -0.39 is 0 Å². The summed E-state index contributed by atoms with van der Waals surface area (Å²) in [5, 5.41) is 7.37. The van der Waals surface area contributed by atoms with E-state index in [4.69, 9.17) is 4.52 Å². The summed E-state index contributed by atoms with van der Waals surface area (Å²) in [5.74, 6) is 2.68. The lowest BCUT2D eigenvalue weighted by molar-refractivity contribution is 0.319. The molecule has 1 aliphatic rings. The zero-order valence-electron chi connectivity index (χ0n) is 9.49. The summed E-state index contributed by atoms with van der Waals surface area (Å²) in [4.78, 5) is 4.46. The highest BCUT2D eigenvalue weighted by molar-refractivity contribution is 4.97. The van der Waals surface area contributed by atoms with E-state index in [1.807, 2.05) is 0 Å². The SMILES string of the molecule is CC(C)Cc1noc([C@@H]2CCCNC2)n1. The Hall–Kier alpha value is -0.900. The predicted octanol–water partition coefficient (Wildman–Crippen LogP) is 1.74. The van der Waals surface area contributed by atoms with Gasteiger partial charge in [-0.1, -0.05) is 19.0 Å². The van der Waals surface area contributed by atoms with Crippen molar-refractivity contribution in [1.29, 1.82) is 0 Å². The molecule has 0 amide bonds. The standard InChI is InChI=1S/C11H19N3O/c1-8(2)6-10-13-11(15-14-10)9-4-3-5-12-7-9/h8-9,12H,3-7H2,1-2H3/t9-/m1/s1. The van der Waals surface area contributed by atoms with Gasteiger partial charge in [0.15, 0.2) is 5.82 Å². The van der Waals surface area contributed by atoms with Crippen LogP contribution in [0.1, 0.15) is 44.3 Å². The molecule has 1 aromatic rings. The third kappa shape index (κ3) is 2.78. The van der Waals surface area contributed by atoms with E-state index >= 15 is 0 Å². The zero-order chi connectivity index (χ0) is 10.7. The van der Waals surface area contributed by atoms with Crippen molar-refractivity contribution >= 4 is 0 Å². The van der Waals surface area contributed by atoms with Crippen LogP contribution in [0.4, 0.5) is 0 Å². The molecule has 2 rings (SSSR count). The van der Waals surface area contributed by atoms with Crippen molar-refractivity contribution in [3.05, 3.63) is 11.7 Å². The van der Waals surface area contributed by atoms with Gasteiger partial charge >= 0.3 is 0 Å². The summed E-state index contributed by atoms with van der Waals surface area (Å²) in [6, 6.07) is 0. The van der Waals surface area contributed by atoms with Gasteiger partial charge in [0.2, 0.25) is 5.89 Å². The lowest BCUT2D eigenvalue weighted by Gasteiger charge is -2.18. The minimum atomic E-state index is 0.423. The molecule has 0 bridgehead atoms. The molecule has 1 saturated heterocycles. The third-order valence-electron chi connectivity index (χ3n) is 2.72. The fraction of sp³-hybridized carbons (Fsp3) is 0.818. The van der Waals surface area contributed by atoms with Crippen molar-refractivity contribution in [2.24, 2.45) is 5.92 Å². The maximum Gasteiger partial charge on any atom is 0.231 e. The van der Waals surface area contributed by atoms with Crippen LogP contribution in [0, 0.1) is 5.92 Å². The van der Waals surface area contributed by atoms with Crippen molar-refractivity contribution in [3.63, 3.8) is 0 Å². The topological polar surface area (TPSA) is 51.0 Å². The second-order valence-electron chi connectivity index (χ2n) is 4.69. The molecule has 0 spiro atoms. The summed E-state index contributed by atoms with van der Waals surface area (Å²) in [6.07, 6.45) is 3.27. The Morgan fingerprint density at radius 2 is 2.40 bits per heavy atom. The van der Waals surface area contributed by atoms with E-state index in [-0.39, 0.29) is 0 Å². The smallest absolute Gasteiger partial charge is 0.231 e. The first-order valence-electron chi connectivity index (χ1n) is 5.79. The van der Waals surface area contributed by atoms with Crippen molar-refractivity contribution < 1.29 is 4.52 Å². The Bertz CT molecular complexity index is 303. The predicted molar refractivity (Wildman–Crippen MR) is 57.7 cm³/mol. The molecular formula is C11H19N3O. The average Bonchev–Trinajstić information content (AvgIpc) is 2.67. The summed E-state index contributed by atoms with van der Waals surface area (Å²) < 4.78 is 5.30. The second-order valence-corrected chi connectivity index (χ2v) is 4.69. The number of nitrogens with one attached hydrogen (secondary N) is 1. The highest BCUT2D eigenvalue weighted by Crippen LogP contribution is 2.21.